The predicted octanol–water partition coefficient (Wildman–Crippen LogP) is 5.03. The molecule has 2 unspecified atom stereocenters. The van der Waals surface area contributed by atoms with E-state index in [-0.39, 0.29) is 18.3 Å². The summed E-state index contributed by atoms with van der Waals surface area (Å²) in [6.45, 7) is 8.51. The highest BCUT2D eigenvalue weighted by atomic mass is 16.7. The molecular weight excluding hydrogens is 331 g/mol. The van der Waals surface area contributed by atoms with Gasteiger partial charge in [0.1, 0.15) is 0 Å². The maximum atomic E-state index is 6.33. The molecule has 5 rings (SSSR count). The van der Waals surface area contributed by atoms with Gasteiger partial charge in [0, 0.05) is 11.3 Å². The summed E-state index contributed by atoms with van der Waals surface area (Å²) in [4.78, 5) is 0. The maximum Gasteiger partial charge on any atom is 0.494 e. The van der Waals surface area contributed by atoms with E-state index in [0.29, 0.717) is 17.3 Å². The lowest BCUT2D eigenvalue weighted by atomic mass is 9.63. The fourth-order valence-electron chi connectivity index (χ4n) is 5.83. The summed E-state index contributed by atoms with van der Waals surface area (Å²) in [7, 11) is -0.273. The number of rotatable bonds is 1. The Bertz CT molecular complexity index is 798. The van der Waals surface area contributed by atoms with Crippen molar-refractivity contribution in [2.75, 3.05) is 0 Å². The van der Waals surface area contributed by atoms with E-state index >= 15 is 0 Å². The summed E-state index contributed by atoms with van der Waals surface area (Å²) in [5.74, 6) is 1.12. The molecule has 0 aromatic heterocycles. The average Bonchev–Trinajstić information content (AvgIpc) is 3.04. The molecule has 4 aliphatic rings. The van der Waals surface area contributed by atoms with Crippen LogP contribution in [0.3, 0.4) is 0 Å². The van der Waals surface area contributed by atoms with Gasteiger partial charge in [-0.1, -0.05) is 61.8 Å². The molecule has 27 heavy (non-hydrogen) atoms. The molecule has 0 amide bonds. The van der Waals surface area contributed by atoms with Crippen molar-refractivity contribution in [1.82, 2.24) is 0 Å². The van der Waals surface area contributed by atoms with Gasteiger partial charge in [0.2, 0.25) is 0 Å². The highest BCUT2D eigenvalue weighted by Crippen LogP contribution is 2.58. The van der Waals surface area contributed by atoms with Gasteiger partial charge in [-0.15, -0.1) is 0 Å². The van der Waals surface area contributed by atoms with E-state index in [9.17, 15) is 0 Å². The van der Waals surface area contributed by atoms with Crippen LogP contribution in [0.15, 0.2) is 42.5 Å². The maximum absolute atomic E-state index is 6.33. The third kappa shape index (κ3) is 2.47. The first-order chi connectivity index (χ1) is 12.8. The Morgan fingerprint density at radius 2 is 1.56 bits per heavy atom. The quantitative estimate of drug-likeness (QED) is 0.653. The summed E-state index contributed by atoms with van der Waals surface area (Å²) in [6, 6.07) is 7.06. The minimum atomic E-state index is -0.294. The molecule has 1 aromatic carbocycles. The zero-order chi connectivity index (χ0) is 18.9. The Morgan fingerprint density at radius 1 is 0.889 bits per heavy atom. The normalized spacial score (nSPS) is 31.9. The van der Waals surface area contributed by atoms with Crippen LogP contribution in [0, 0.1) is 5.92 Å². The second-order valence-corrected chi connectivity index (χ2v) is 9.97. The van der Waals surface area contributed by atoms with Crippen LogP contribution < -0.4 is 5.46 Å². The lowest BCUT2D eigenvalue weighted by Crippen LogP contribution is -2.41. The van der Waals surface area contributed by atoms with E-state index in [1.165, 1.54) is 43.1 Å². The van der Waals surface area contributed by atoms with Crippen molar-refractivity contribution in [3.05, 3.63) is 53.6 Å². The molecule has 3 heteroatoms. The van der Waals surface area contributed by atoms with Crippen LogP contribution in [-0.4, -0.2) is 18.3 Å². The second-order valence-electron chi connectivity index (χ2n) is 9.97. The predicted molar refractivity (Wildman–Crippen MR) is 111 cm³/mol. The Hall–Kier alpha value is -1.32. The number of fused-ring (bicyclic) bond motifs is 5. The highest BCUT2D eigenvalue weighted by molar-refractivity contribution is 6.62. The Labute approximate surface area is 164 Å². The molecule has 1 aromatic rings. The van der Waals surface area contributed by atoms with Crippen molar-refractivity contribution in [2.45, 2.75) is 82.3 Å². The zero-order valence-corrected chi connectivity index (χ0v) is 17.1. The second kappa shape index (κ2) is 5.84. The summed E-state index contributed by atoms with van der Waals surface area (Å²) in [6.07, 6.45) is 16.2. The first kappa shape index (κ1) is 17.8. The van der Waals surface area contributed by atoms with Gasteiger partial charge >= 0.3 is 7.12 Å². The van der Waals surface area contributed by atoms with Crippen LogP contribution in [-0.2, 0) is 14.7 Å². The van der Waals surface area contributed by atoms with E-state index in [2.05, 4.69) is 70.2 Å². The molecule has 2 nitrogen and oxygen atoms in total. The third-order valence-corrected chi connectivity index (χ3v) is 8.02. The Kier molecular flexibility index (Phi) is 3.84. The van der Waals surface area contributed by atoms with E-state index in [1.807, 2.05) is 0 Å². The van der Waals surface area contributed by atoms with Gasteiger partial charge in [-0.2, -0.15) is 0 Å². The van der Waals surface area contributed by atoms with Gasteiger partial charge in [0.15, 0.2) is 0 Å². The molecule has 2 fully saturated rings. The largest absolute Gasteiger partial charge is 0.494 e. The van der Waals surface area contributed by atoms with E-state index < -0.39 is 0 Å². The molecule has 0 bridgehead atoms. The molecule has 1 heterocycles. The van der Waals surface area contributed by atoms with Gasteiger partial charge in [0.05, 0.1) is 11.2 Å². The van der Waals surface area contributed by atoms with Crippen molar-refractivity contribution in [3.63, 3.8) is 0 Å². The Morgan fingerprint density at radius 3 is 2.26 bits per heavy atom. The number of hydrogen-bond acceptors (Lipinski definition) is 2. The topological polar surface area (TPSA) is 18.5 Å². The van der Waals surface area contributed by atoms with E-state index in [0.717, 1.165) is 0 Å². The minimum Gasteiger partial charge on any atom is -0.399 e. The first-order valence-electron chi connectivity index (χ1n) is 10.7. The SMILES string of the molecule is CC1(C)OB(c2ccc3c(c2)C2C=CC=CC2C32CCCCC2)OC1(C)C. The van der Waals surface area contributed by atoms with Crippen molar-refractivity contribution >= 4 is 12.6 Å². The van der Waals surface area contributed by atoms with Crippen molar-refractivity contribution in [1.29, 1.82) is 0 Å². The fourth-order valence-corrected chi connectivity index (χ4v) is 5.83. The summed E-state index contributed by atoms with van der Waals surface area (Å²) in [5, 5.41) is 0. The fraction of sp³-hybridized carbons (Fsp3) is 0.583. The van der Waals surface area contributed by atoms with Crippen LogP contribution in [0.25, 0.3) is 0 Å². The van der Waals surface area contributed by atoms with Gasteiger partial charge in [0.25, 0.3) is 0 Å². The van der Waals surface area contributed by atoms with Crippen LogP contribution in [0.5, 0.6) is 0 Å². The molecule has 0 N–H and O–H groups in total. The lowest BCUT2D eigenvalue weighted by molar-refractivity contribution is 0.00578. The van der Waals surface area contributed by atoms with Gasteiger partial charge < -0.3 is 9.31 Å². The number of benzene rings is 1. The molecular formula is C24H31BO2. The molecule has 1 aliphatic heterocycles. The molecule has 1 spiro atoms. The van der Waals surface area contributed by atoms with Crippen LogP contribution in [0.1, 0.15) is 76.8 Å². The first-order valence-corrected chi connectivity index (χ1v) is 10.7. The Balaban J connectivity index is 1.56. The minimum absolute atomic E-state index is 0.273. The van der Waals surface area contributed by atoms with Gasteiger partial charge in [-0.05, 0) is 63.0 Å². The van der Waals surface area contributed by atoms with Crippen molar-refractivity contribution in [3.8, 4) is 0 Å². The lowest BCUT2D eigenvalue weighted by Gasteiger charge is -2.40. The summed E-state index contributed by atoms with van der Waals surface area (Å²) in [5.41, 5.74) is 4.02. The number of allylic oxidation sites excluding steroid dienone is 4. The zero-order valence-electron chi connectivity index (χ0n) is 17.1. The average molecular weight is 362 g/mol. The molecule has 1 saturated carbocycles. The van der Waals surface area contributed by atoms with Crippen molar-refractivity contribution < 1.29 is 9.31 Å². The third-order valence-electron chi connectivity index (χ3n) is 8.02. The molecule has 3 aliphatic carbocycles. The summed E-state index contributed by atoms with van der Waals surface area (Å²) < 4.78 is 12.7. The molecule has 1 saturated heterocycles. The van der Waals surface area contributed by atoms with Crippen LogP contribution in [0.4, 0.5) is 0 Å². The van der Waals surface area contributed by atoms with Crippen LogP contribution in [0.2, 0.25) is 0 Å². The standard InChI is InChI=1S/C24H31BO2/c1-22(2)23(3,4)27-25(26-22)17-12-13-21-19(16-17)18-10-6-7-11-20(18)24(21)14-8-5-9-15-24/h6-7,10-13,16,18,20H,5,8-9,14-15H2,1-4H3. The smallest absolute Gasteiger partial charge is 0.399 e. The monoisotopic (exact) mass is 362 g/mol. The highest BCUT2D eigenvalue weighted by Gasteiger charge is 2.54. The van der Waals surface area contributed by atoms with Gasteiger partial charge in [-0.3, -0.25) is 0 Å². The number of hydrogen-bond donors (Lipinski definition) is 0. The van der Waals surface area contributed by atoms with Gasteiger partial charge in [-0.25, -0.2) is 0 Å². The molecule has 2 atom stereocenters. The van der Waals surface area contributed by atoms with Crippen molar-refractivity contribution in [2.24, 2.45) is 5.92 Å². The molecule has 142 valence electrons. The van der Waals surface area contributed by atoms with Crippen LogP contribution >= 0.6 is 0 Å². The van der Waals surface area contributed by atoms with E-state index in [4.69, 9.17) is 9.31 Å². The van der Waals surface area contributed by atoms with E-state index in [1.54, 1.807) is 5.56 Å². The molecule has 0 radical (unpaired) electrons. The summed E-state index contributed by atoms with van der Waals surface area (Å²) >= 11 is 0.